The van der Waals surface area contributed by atoms with Gasteiger partial charge in [0.25, 0.3) is 0 Å². The molecule has 0 aromatic heterocycles. The fraction of sp³-hybridized carbons (Fsp3) is 1.00. The van der Waals surface area contributed by atoms with Gasteiger partial charge < -0.3 is 9.47 Å². The van der Waals surface area contributed by atoms with Crippen molar-refractivity contribution in [2.45, 2.75) is 0 Å². The van der Waals surface area contributed by atoms with Crippen LogP contribution in [-0.4, -0.2) is 27.4 Å². The molecule has 9 heavy (non-hydrogen) atoms. The van der Waals surface area contributed by atoms with E-state index in [0.29, 0.717) is 13.2 Å². The summed E-state index contributed by atoms with van der Waals surface area (Å²) in [4.78, 5) is 0. The zero-order valence-corrected chi connectivity index (χ0v) is 9.46. The van der Waals surface area contributed by atoms with E-state index in [0.717, 1.165) is 0 Å². The average molecular weight is 309 g/mol. The van der Waals surface area contributed by atoms with Gasteiger partial charge in [-0.2, -0.15) is 0 Å². The Kier molecular flexibility index (Phi) is 23.4. The monoisotopic (exact) mass is 306 g/mol. The molecule has 0 aliphatic heterocycles. The molecule has 2 nitrogen and oxygen atoms in total. The van der Waals surface area contributed by atoms with Gasteiger partial charge in [-0.3, -0.25) is 0 Å². The van der Waals surface area contributed by atoms with E-state index in [1.54, 1.807) is 14.2 Å². The van der Waals surface area contributed by atoms with Crippen LogP contribution in [0.1, 0.15) is 0 Å². The van der Waals surface area contributed by atoms with Crippen LogP contribution >= 0.6 is 28.5 Å². The molecule has 0 amide bonds. The number of hydrogen-bond acceptors (Lipinski definition) is 2. The van der Waals surface area contributed by atoms with Crippen molar-refractivity contribution < 1.29 is 20.4 Å². The molecular weight excluding hydrogens is 299 g/mol. The molecule has 0 bridgehead atoms. The molecule has 62 valence electrons. The van der Waals surface area contributed by atoms with Gasteiger partial charge in [0, 0.05) is 14.2 Å². The summed E-state index contributed by atoms with van der Waals surface area (Å²) in [6.45, 7) is 1.38. The summed E-state index contributed by atoms with van der Waals surface area (Å²) < 4.78 is 9.31. The number of rotatable bonds is 3. The second-order valence-electron chi connectivity index (χ2n) is 1.03. The Hall–Kier alpha value is 1.37. The van der Waals surface area contributed by atoms with E-state index in [-0.39, 0.29) is 0 Å². The summed E-state index contributed by atoms with van der Waals surface area (Å²) in [5.41, 5.74) is 0. The van der Waals surface area contributed by atoms with Crippen LogP contribution in [-0.2, 0) is 20.4 Å². The van der Waals surface area contributed by atoms with E-state index in [1.165, 1.54) is 10.9 Å². The Labute approximate surface area is 76.0 Å². The molecule has 5 heteroatoms. The Bertz CT molecular complexity index is 35.7. The van der Waals surface area contributed by atoms with Crippen LogP contribution in [0.5, 0.6) is 0 Å². The van der Waals surface area contributed by atoms with Gasteiger partial charge in [0.1, 0.15) is 0 Å². The second kappa shape index (κ2) is 16.2. The number of ether oxygens (including phenoxy) is 2. The summed E-state index contributed by atoms with van der Waals surface area (Å²) in [5, 5.41) is 0. The summed E-state index contributed by atoms with van der Waals surface area (Å²) in [6, 6.07) is 0. The molecule has 0 fully saturated rings. The third kappa shape index (κ3) is 26.6. The molecule has 0 heterocycles. The van der Waals surface area contributed by atoms with E-state index in [2.05, 4.69) is 37.9 Å². The van der Waals surface area contributed by atoms with E-state index >= 15 is 0 Å². The van der Waals surface area contributed by atoms with Crippen molar-refractivity contribution in [1.29, 1.82) is 0 Å². The number of halogens is 2. The molecular formula is C4H10Br2NiO2. The Morgan fingerprint density at radius 3 is 1.44 bits per heavy atom. The Balaban J connectivity index is 0. The van der Waals surface area contributed by atoms with Crippen molar-refractivity contribution in [3.63, 3.8) is 0 Å². The van der Waals surface area contributed by atoms with Crippen molar-refractivity contribution in [1.82, 2.24) is 0 Å². The summed E-state index contributed by atoms with van der Waals surface area (Å²) in [7, 11) is 4.55. The zero-order valence-electron chi connectivity index (χ0n) is 5.30. The normalized spacial score (nSPS) is 8.44. The molecule has 0 atom stereocenters. The molecule has 0 saturated heterocycles. The van der Waals surface area contributed by atoms with Crippen LogP contribution in [0, 0.1) is 0 Å². The second-order valence-corrected chi connectivity index (χ2v) is 6.01. The predicted molar refractivity (Wildman–Crippen MR) is 41.6 cm³/mol. The molecule has 0 unspecified atom stereocenters. The zero-order chi connectivity index (χ0) is 7.54. The van der Waals surface area contributed by atoms with Crippen LogP contribution in [0.3, 0.4) is 0 Å². The van der Waals surface area contributed by atoms with Gasteiger partial charge in [-0.25, -0.2) is 0 Å². The summed E-state index contributed by atoms with van der Waals surface area (Å²) >= 11 is 6.00. The molecule has 0 aliphatic carbocycles. The van der Waals surface area contributed by atoms with Gasteiger partial charge in [-0.1, -0.05) is 0 Å². The molecule has 0 N–H and O–H groups in total. The molecule has 0 saturated carbocycles. The molecule has 0 aromatic rings. The number of methoxy groups -OCH3 is 2. The van der Waals surface area contributed by atoms with Gasteiger partial charge in [0.05, 0.1) is 13.2 Å². The van der Waals surface area contributed by atoms with Gasteiger partial charge in [-0.05, 0) is 0 Å². The average Bonchev–Trinajstić information content (AvgIpc) is 1.86. The fourth-order valence-electron chi connectivity index (χ4n) is 0.167. The molecule has 0 rings (SSSR count). The van der Waals surface area contributed by atoms with Crippen LogP contribution in [0.15, 0.2) is 0 Å². The molecule has 0 radical (unpaired) electrons. The third-order valence-corrected chi connectivity index (χ3v) is 0.492. The SMILES string of the molecule is COCCOC.[Br][Ni][Br]. The van der Waals surface area contributed by atoms with Crippen LogP contribution < -0.4 is 0 Å². The first kappa shape index (κ1) is 13.0. The summed E-state index contributed by atoms with van der Waals surface area (Å²) in [6.07, 6.45) is 0. The maximum absolute atomic E-state index is 4.66. The Morgan fingerprint density at radius 1 is 1.11 bits per heavy atom. The van der Waals surface area contributed by atoms with Crippen molar-refractivity contribution >= 4 is 28.5 Å². The van der Waals surface area contributed by atoms with Crippen molar-refractivity contribution in [2.75, 3.05) is 27.4 Å². The number of hydrogen-bond donors (Lipinski definition) is 0. The van der Waals surface area contributed by atoms with E-state index in [9.17, 15) is 0 Å². The van der Waals surface area contributed by atoms with Crippen molar-refractivity contribution in [3.05, 3.63) is 0 Å². The standard InChI is InChI=1S/C4H10O2.2BrH.Ni/c1-5-3-4-6-2;;;/h3-4H2,1-2H3;2*1H;/q;;;+2/p-2. The van der Waals surface area contributed by atoms with Gasteiger partial charge >= 0.3 is 39.3 Å². The first-order valence-electron chi connectivity index (χ1n) is 2.13. The molecule has 0 spiro atoms. The molecule has 0 aliphatic rings. The minimum absolute atomic E-state index is 0.691. The van der Waals surface area contributed by atoms with Crippen LogP contribution in [0.4, 0.5) is 0 Å². The van der Waals surface area contributed by atoms with Crippen molar-refractivity contribution in [2.24, 2.45) is 0 Å². The first-order valence-corrected chi connectivity index (χ1v) is 7.02. The van der Waals surface area contributed by atoms with E-state index in [4.69, 9.17) is 0 Å². The first-order chi connectivity index (χ1) is 4.33. The van der Waals surface area contributed by atoms with Gasteiger partial charge in [0.2, 0.25) is 0 Å². The molecule has 0 aromatic carbocycles. The van der Waals surface area contributed by atoms with Crippen molar-refractivity contribution in [3.8, 4) is 0 Å². The minimum atomic E-state index is 0.691. The van der Waals surface area contributed by atoms with E-state index < -0.39 is 0 Å². The topological polar surface area (TPSA) is 18.5 Å². The van der Waals surface area contributed by atoms with Gasteiger partial charge in [0.15, 0.2) is 0 Å². The summed E-state index contributed by atoms with van der Waals surface area (Å²) in [5.74, 6) is 0. The predicted octanol–water partition coefficient (Wildman–Crippen LogP) is 1.97. The van der Waals surface area contributed by atoms with Crippen LogP contribution in [0.2, 0.25) is 0 Å². The maximum atomic E-state index is 4.66. The third-order valence-electron chi connectivity index (χ3n) is 0.492. The van der Waals surface area contributed by atoms with E-state index in [1.807, 2.05) is 0 Å². The fourth-order valence-corrected chi connectivity index (χ4v) is 0.167. The van der Waals surface area contributed by atoms with Gasteiger partial charge in [-0.15, -0.1) is 0 Å². The quantitative estimate of drug-likeness (QED) is 0.586. The van der Waals surface area contributed by atoms with Crippen LogP contribution in [0.25, 0.3) is 0 Å². The Morgan fingerprint density at radius 2 is 1.33 bits per heavy atom.